The molecular formula is C17H26O2. The number of aliphatic hydroxyl groups is 1. The highest BCUT2D eigenvalue weighted by Gasteiger charge is 2.69. The second kappa shape index (κ2) is 3.76. The van der Waals surface area contributed by atoms with Gasteiger partial charge in [0.05, 0.1) is 6.10 Å². The molecule has 2 heteroatoms. The molecule has 5 fully saturated rings. The fourth-order valence-corrected chi connectivity index (χ4v) is 7.92. The zero-order valence-electron chi connectivity index (χ0n) is 11.9. The molecule has 1 N–H and O–H groups in total. The highest BCUT2D eigenvalue weighted by molar-refractivity contribution is 5.17. The predicted molar refractivity (Wildman–Crippen MR) is 72.4 cm³/mol. The molecule has 19 heavy (non-hydrogen) atoms. The largest absolute Gasteiger partial charge is 0.396 e. The average Bonchev–Trinajstić information content (AvgIpc) is 3.18. The summed E-state index contributed by atoms with van der Waals surface area (Å²) in [5, 5.41) is 9.69. The third-order valence-electron chi connectivity index (χ3n) is 8.09. The number of methoxy groups -OCH3 is 1. The second-order valence-corrected chi connectivity index (χ2v) is 8.15. The second-order valence-electron chi connectivity index (χ2n) is 8.15. The zero-order valence-corrected chi connectivity index (χ0v) is 11.9. The van der Waals surface area contributed by atoms with Gasteiger partial charge in [0.15, 0.2) is 0 Å². The van der Waals surface area contributed by atoms with Crippen LogP contribution in [0.3, 0.4) is 0 Å². The predicted octanol–water partition coefficient (Wildman–Crippen LogP) is 2.56. The first-order valence-corrected chi connectivity index (χ1v) is 8.47. The normalized spacial score (nSPS) is 64.7. The average molecular weight is 262 g/mol. The Kier molecular flexibility index (Phi) is 2.29. The summed E-state index contributed by atoms with van der Waals surface area (Å²) < 4.78 is 5.78. The first kappa shape index (κ1) is 11.6. The summed E-state index contributed by atoms with van der Waals surface area (Å²) in [7, 11) is 1.92. The molecule has 0 aromatic heterocycles. The van der Waals surface area contributed by atoms with Gasteiger partial charge in [-0.25, -0.2) is 0 Å². The molecule has 4 bridgehead atoms. The van der Waals surface area contributed by atoms with E-state index in [9.17, 15) is 5.11 Å². The lowest BCUT2D eigenvalue weighted by Crippen LogP contribution is -2.42. The van der Waals surface area contributed by atoms with Crippen LogP contribution in [-0.4, -0.2) is 24.9 Å². The van der Waals surface area contributed by atoms with Gasteiger partial charge in [-0.1, -0.05) is 0 Å². The van der Waals surface area contributed by atoms with Gasteiger partial charge < -0.3 is 9.84 Å². The fraction of sp³-hybridized carbons (Fsp3) is 1.00. The molecule has 0 radical (unpaired) electrons. The minimum Gasteiger partial charge on any atom is -0.396 e. The van der Waals surface area contributed by atoms with Crippen molar-refractivity contribution in [3.05, 3.63) is 0 Å². The summed E-state index contributed by atoms with van der Waals surface area (Å²) in [4.78, 5) is 0. The molecule has 0 aliphatic heterocycles. The van der Waals surface area contributed by atoms with Crippen LogP contribution in [0.5, 0.6) is 0 Å². The van der Waals surface area contributed by atoms with Gasteiger partial charge in [0.1, 0.15) is 0 Å². The summed E-state index contributed by atoms with van der Waals surface area (Å²) in [6, 6.07) is 0. The Bertz CT molecular complexity index is 395. The van der Waals surface area contributed by atoms with Crippen LogP contribution in [0.15, 0.2) is 0 Å². The molecule has 0 amide bonds. The van der Waals surface area contributed by atoms with Crippen LogP contribution in [0.1, 0.15) is 32.1 Å². The van der Waals surface area contributed by atoms with Gasteiger partial charge in [0.25, 0.3) is 0 Å². The van der Waals surface area contributed by atoms with Gasteiger partial charge in [-0.15, -0.1) is 0 Å². The van der Waals surface area contributed by atoms with Crippen molar-refractivity contribution in [1.82, 2.24) is 0 Å². The standard InChI is InChI=1S/C17H26O2/c1-19-14-5-9-4-12(14)17-13-6-11(16(9)17)10-3-2-8(7-18)15(10)13/h8-18H,2-7H2,1H3. The number of fused-ring (bicyclic) bond motifs is 12. The Morgan fingerprint density at radius 3 is 2.58 bits per heavy atom. The molecular weight excluding hydrogens is 236 g/mol. The van der Waals surface area contributed by atoms with Crippen molar-refractivity contribution in [3.8, 4) is 0 Å². The first-order chi connectivity index (χ1) is 9.33. The number of rotatable bonds is 2. The van der Waals surface area contributed by atoms with Gasteiger partial charge in [-0.05, 0) is 85.4 Å². The third-order valence-corrected chi connectivity index (χ3v) is 8.09. The first-order valence-electron chi connectivity index (χ1n) is 8.47. The number of hydrogen-bond acceptors (Lipinski definition) is 2. The summed E-state index contributed by atoms with van der Waals surface area (Å²) in [6.45, 7) is 0.448. The summed E-state index contributed by atoms with van der Waals surface area (Å²) in [5.41, 5.74) is 0. The van der Waals surface area contributed by atoms with E-state index < -0.39 is 0 Å². The summed E-state index contributed by atoms with van der Waals surface area (Å²) in [5.74, 6) is 8.39. The Morgan fingerprint density at radius 1 is 0.895 bits per heavy atom. The fourth-order valence-electron chi connectivity index (χ4n) is 7.92. The summed E-state index contributed by atoms with van der Waals surface area (Å²) >= 11 is 0. The number of aliphatic hydroxyl groups excluding tert-OH is 1. The van der Waals surface area contributed by atoms with Gasteiger partial charge in [-0.3, -0.25) is 0 Å². The molecule has 0 saturated heterocycles. The zero-order chi connectivity index (χ0) is 12.7. The molecule has 5 aliphatic rings. The van der Waals surface area contributed by atoms with Gasteiger partial charge >= 0.3 is 0 Å². The van der Waals surface area contributed by atoms with Crippen LogP contribution in [0, 0.1) is 53.3 Å². The van der Waals surface area contributed by atoms with Gasteiger partial charge in [-0.2, -0.15) is 0 Å². The molecule has 0 spiro atoms. The Morgan fingerprint density at radius 2 is 1.79 bits per heavy atom. The van der Waals surface area contributed by atoms with Crippen LogP contribution < -0.4 is 0 Å². The van der Waals surface area contributed by atoms with E-state index in [0.29, 0.717) is 18.6 Å². The molecule has 10 atom stereocenters. The molecule has 0 heterocycles. The molecule has 2 nitrogen and oxygen atoms in total. The highest BCUT2D eigenvalue weighted by atomic mass is 16.5. The minimum absolute atomic E-state index is 0.448. The van der Waals surface area contributed by atoms with Crippen LogP contribution in [-0.2, 0) is 4.74 Å². The van der Waals surface area contributed by atoms with Crippen molar-refractivity contribution in [2.24, 2.45) is 53.3 Å². The van der Waals surface area contributed by atoms with E-state index in [2.05, 4.69) is 0 Å². The lowest BCUT2D eigenvalue weighted by atomic mass is 9.62. The SMILES string of the molecule is COC1CC2CC1C1C3CC(C4CCC(CO)C43)C21. The maximum atomic E-state index is 9.69. The smallest absolute Gasteiger partial charge is 0.0605 e. The van der Waals surface area contributed by atoms with Crippen LogP contribution in [0.4, 0.5) is 0 Å². The molecule has 5 rings (SSSR count). The van der Waals surface area contributed by atoms with E-state index in [1.165, 1.54) is 32.1 Å². The van der Waals surface area contributed by atoms with Crippen molar-refractivity contribution < 1.29 is 9.84 Å². The highest BCUT2D eigenvalue weighted by Crippen LogP contribution is 2.73. The van der Waals surface area contributed by atoms with E-state index in [0.717, 1.165) is 47.3 Å². The minimum atomic E-state index is 0.448. The molecule has 0 aromatic rings. The molecule has 0 aromatic carbocycles. The van der Waals surface area contributed by atoms with Crippen molar-refractivity contribution in [1.29, 1.82) is 0 Å². The topological polar surface area (TPSA) is 29.5 Å². The Balaban J connectivity index is 1.49. The van der Waals surface area contributed by atoms with Gasteiger partial charge in [0, 0.05) is 13.7 Å². The Labute approximate surface area is 115 Å². The number of hydrogen-bond donors (Lipinski definition) is 1. The van der Waals surface area contributed by atoms with E-state index in [4.69, 9.17) is 4.74 Å². The molecule has 10 unspecified atom stereocenters. The van der Waals surface area contributed by atoms with E-state index >= 15 is 0 Å². The third kappa shape index (κ3) is 1.22. The van der Waals surface area contributed by atoms with E-state index in [-0.39, 0.29) is 0 Å². The monoisotopic (exact) mass is 262 g/mol. The van der Waals surface area contributed by atoms with Crippen molar-refractivity contribution >= 4 is 0 Å². The molecule has 5 saturated carbocycles. The molecule has 5 aliphatic carbocycles. The van der Waals surface area contributed by atoms with Crippen LogP contribution >= 0.6 is 0 Å². The van der Waals surface area contributed by atoms with Crippen molar-refractivity contribution in [2.75, 3.05) is 13.7 Å². The molecule has 106 valence electrons. The quantitative estimate of drug-likeness (QED) is 0.775. The number of ether oxygens (including phenoxy) is 1. The van der Waals surface area contributed by atoms with Crippen LogP contribution in [0.2, 0.25) is 0 Å². The lowest BCUT2D eigenvalue weighted by Gasteiger charge is -2.44. The van der Waals surface area contributed by atoms with E-state index in [1.807, 2.05) is 7.11 Å². The van der Waals surface area contributed by atoms with Crippen molar-refractivity contribution in [3.63, 3.8) is 0 Å². The maximum Gasteiger partial charge on any atom is 0.0605 e. The Hall–Kier alpha value is -0.0800. The van der Waals surface area contributed by atoms with E-state index in [1.54, 1.807) is 0 Å². The van der Waals surface area contributed by atoms with Crippen LogP contribution in [0.25, 0.3) is 0 Å². The van der Waals surface area contributed by atoms with Gasteiger partial charge in [0.2, 0.25) is 0 Å². The summed E-state index contributed by atoms with van der Waals surface area (Å²) in [6.07, 6.45) is 7.62. The van der Waals surface area contributed by atoms with Crippen molar-refractivity contribution in [2.45, 2.75) is 38.2 Å². The lowest BCUT2D eigenvalue weighted by molar-refractivity contribution is -0.0308. The maximum absolute atomic E-state index is 9.69.